The van der Waals surface area contributed by atoms with Gasteiger partial charge in [0, 0.05) is 0 Å². The summed E-state index contributed by atoms with van der Waals surface area (Å²) in [4.78, 5) is 13.5. The molecule has 0 aliphatic rings. The largest absolute Gasteiger partial charge is 0.497 e. The molecule has 0 atom stereocenters. The van der Waals surface area contributed by atoms with Crippen LogP contribution >= 0.6 is 0 Å². The minimum Gasteiger partial charge on any atom is -0.497 e. The van der Waals surface area contributed by atoms with Crippen molar-refractivity contribution in [3.63, 3.8) is 0 Å². The highest BCUT2D eigenvalue weighted by Gasteiger charge is 2.34. The molecule has 0 N–H and O–H groups in total. The molecule has 162 valence electrons. The number of carbonyl (C=O) groups is 1. The molecule has 1 amide bonds. The lowest BCUT2D eigenvalue weighted by atomic mass is 10.1. The van der Waals surface area contributed by atoms with Gasteiger partial charge in [-0.3, -0.25) is 4.79 Å². The van der Waals surface area contributed by atoms with E-state index in [-0.39, 0.29) is 16.2 Å². The number of hydrogen-bond acceptors (Lipinski definition) is 5. The van der Waals surface area contributed by atoms with Crippen molar-refractivity contribution in [3.8, 4) is 11.8 Å². The smallest absolute Gasteiger partial charge is 0.282 e. The first-order chi connectivity index (χ1) is 15.3. The highest BCUT2D eigenvalue weighted by Crippen LogP contribution is 2.30. The molecular formula is C25H22N2O4S. The van der Waals surface area contributed by atoms with Gasteiger partial charge in [0.15, 0.2) is 0 Å². The Morgan fingerprint density at radius 1 is 1.00 bits per heavy atom. The summed E-state index contributed by atoms with van der Waals surface area (Å²) >= 11 is 0. The fourth-order valence-electron chi connectivity index (χ4n) is 3.10. The highest BCUT2D eigenvalue weighted by molar-refractivity contribution is 7.93. The fourth-order valence-corrected chi connectivity index (χ4v) is 4.59. The van der Waals surface area contributed by atoms with E-state index in [9.17, 15) is 18.5 Å². The predicted octanol–water partition coefficient (Wildman–Crippen LogP) is 4.64. The lowest BCUT2D eigenvalue weighted by Gasteiger charge is -2.24. The van der Waals surface area contributed by atoms with Crippen molar-refractivity contribution >= 4 is 27.7 Å². The molecule has 0 bridgehead atoms. The van der Waals surface area contributed by atoms with Crippen molar-refractivity contribution in [2.45, 2.75) is 18.7 Å². The number of aryl methyl sites for hydroxylation is 2. The van der Waals surface area contributed by atoms with Crippen LogP contribution in [0.5, 0.6) is 5.75 Å². The molecule has 0 aromatic heterocycles. The molecule has 0 aliphatic carbocycles. The Hall–Kier alpha value is -3.89. The first-order valence-corrected chi connectivity index (χ1v) is 11.2. The molecule has 0 heterocycles. The Morgan fingerprint density at radius 3 is 2.25 bits per heavy atom. The number of nitrogens with zero attached hydrogens (tertiary/aromatic N) is 2. The topological polar surface area (TPSA) is 87.5 Å². The highest BCUT2D eigenvalue weighted by atomic mass is 32.2. The average Bonchev–Trinajstić information content (AvgIpc) is 2.80. The molecule has 6 nitrogen and oxygen atoms in total. The number of benzene rings is 3. The van der Waals surface area contributed by atoms with Gasteiger partial charge in [-0.1, -0.05) is 42.5 Å². The van der Waals surface area contributed by atoms with Gasteiger partial charge in [0.2, 0.25) is 0 Å². The van der Waals surface area contributed by atoms with Gasteiger partial charge in [0.25, 0.3) is 15.9 Å². The van der Waals surface area contributed by atoms with Crippen LogP contribution in [0.3, 0.4) is 0 Å². The molecule has 0 saturated heterocycles. The number of ether oxygens (including phenoxy) is 1. The van der Waals surface area contributed by atoms with Crippen molar-refractivity contribution in [1.29, 1.82) is 5.26 Å². The Morgan fingerprint density at radius 2 is 1.66 bits per heavy atom. The van der Waals surface area contributed by atoms with Crippen LogP contribution in [0.2, 0.25) is 0 Å². The standard InChI is InChI=1S/C25H22N2O4S/c1-18-9-10-19(2)24(15-18)27(32(29,30)23-7-5-4-6-8-23)25(28)21(17-26)16-20-11-13-22(31-3)14-12-20/h4-16H,1-3H3/b21-16+. The maximum atomic E-state index is 13.5. The molecule has 3 rings (SSSR count). The minimum absolute atomic E-state index is 0.0454. The zero-order chi connectivity index (χ0) is 23.3. The number of sulfonamides is 1. The van der Waals surface area contributed by atoms with E-state index in [1.807, 2.05) is 12.1 Å². The van der Waals surface area contributed by atoms with Crippen LogP contribution in [-0.2, 0) is 14.8 Å². The number of anilines is 1. The molecular weight excluding hydrogens is 424 g/mol. The Kier molecular flexibility index (Phi) is 6.76. The van der Waals surface area contributed by atoms with Crippen LogP contribution in [0, 0.1) is 25.2 Å². The Bertz CT molecular complexity index is 1310. The summed E-state index contributed by atoms with van der Waals surface area (Å²) in [6.45, 7) is 3.52. The molecule has 3 aromatic carbocycles. The van der Waals surface area contributed by atoms with E-state index in [1.165, 1.54) is 25.3 Å². The van der Waals surface area contributed by atoms with Crippen LogP contribution in [0.1, 0.15) is 16.7 Å². The van der Waals surface area contributed by atoms with E-state index in [0.29, 0.717) is 21.2 Å². The molecule has 0 unspecified atom stereocenters. The second kappa shape index (κ2) is 9.50. The van der Waals surface area contributed by atoms with Gasteiger partial charge in [0.1, 0.15) is 17.4 Å². The number of methoxy groups -OCH3 is 1. The number of amides is 1. The van der Waals surface area contributed by atoms with Crippen LogP contribution < -0.4 is 9.04 Å². The molecule has 0 fully saturated rings. The third-order valence-electron chi connectivity index (χ3n) is 4.83. The summed E-state index contributed by atoms with van der Waals surface area (Å²) in [6, 6.07) is 21.5. The van der Waals surface area contributed by atoms with Gasteiger partial charge in [-0.25, -0.2) is 8.42 Å². The lowest BCUT2D eigenvalue weighted by Crippen LogP contribution is -2.38. The van der Waals surface area contributed by atoms with Crippen molar-refractivity contribution in [1.82, 2.24) is 0 Å². The predicted molar refractivity (Wildman–Crippen MR) is 124 cm³/mol. The van der Waals surface area contributed by atoms with Crippen molar-refractivity contribution in [2.75, 3.05) is 11.4 Å². The first kappa shape index (κ1) is 22.8. The molecule has 3 aromatic rings. The molecule has 32 heavy (non-hydrogen) atoms. The van der Waals surface area contributed by atoms with E-state index in [0.717, 1.165) is 5.56 Å². The van der Waals surface area contributed by atoms with Gasteiger partial charge >= 0.3 is 0 Å². The van der Waals surface area contributed by atoms with E-state index in [2.05, 4.69) is 0 Å². The summed E-state index contributed by atoms with van der Waals surface area (Å²) in [5.74, 6) is -0.309. The third kappa shape index (κ3) is 4.71. The Balaban J connectivity index is 2.18. The number of hydrogen-bond donors (Lipinski definition) is 0. The average molecular weight is 447 g/mol. The normalized spacial score (nSPS) is 11.5. The van der Waals surface area contributed by atoms with Gasteiger partial charge in [-0.2, -0.15) is 9.57 Å². The molecule has 0 aliphatic heterocycles. The fraction of sp³-hybridized carbons (Fsp3) is 0.120. The quantitative estimate of drug-likeness (QED) is 0.407. The van der Waals surface area contributed by atoms with E-state index < -0.39 is 15.9 Å². The second-order valence-corrected chi connectivity index (χ2v) is 8.91. The van der Waals surface area contributed by atoms with Crippen LogP contribution in [-0.4, -0.2) is 21.4 Å². The molecule has 7 heteroatoms. The second-order valence-electron chi connectivity index (χ2n) is 7.12. The first-order valence-electron chi connectivity index (χ1n) is 9.75. The van der Waals surface area contributed by atoms with Crippen molar-refractivity contribution in [2.24, 2.45) is 0 Å². The van der Waals surface area contributed by atoms with Crippen molar-refractivity contribution in [3.05, 3.63) is 95.1 Å². The third-order valence-corrected chi connectivity index (χ3v) is 6.54. The number of rotatable bonds is 6. The van der Waals surface area contributed by atoms with E-state index in [4.69, 9.17) is 4.74 Å². The number of nitriles is 1. The van der Waals surface area contributed by atoms with Gasteiger partial charge < -0.3 is 4.74 Å². The summed E-state index contributed by atoms with van der Waals surface area (Å²) in [7, 11) is -2.75. The SMILES string of the molecule is COc1ccc(/C=C(\C#N)C(=O)N(c2cc(C)ccc2C)S(=O)(=O)c2ccccc2)cc1. The van der Waals surface area contributed by atoms with Crippen molar-refractivity contribution < 1.29 is 17.9 Å². The van der Waals surface area contributed by atoms with E-state index in [1.54, 1.807) is 68.4 Å². The zero-order valence-electron chi connectivity index (χ0n) is 17.9. The summed E-state index contributed by atoms with van der Waals surface area (Å²) in [6.07, 6.45) is 1.36. The monoisotopic (exact) mass is 446 g/mol. The molecule has 0 saturated carbocycles. The van der Waals surface area contributed by atoms with Gasteiger partial charge in [0.05, 0.1) is 17.7 Å². The van der Waals surface area contributed by atoms with Gasteiger partial charge in [-0.15, -0.1) is 0 Å². The van der Waals surface area contributed by atoms with Gasteiger partial charge in [-0.05, 0) is 66.9 Å². The summed E-state index contributed by atoms with van der Waals surface area (Å²) in [5, 5.41) is 9.73. The zero-order valence-corrected chi connectivity index (χ0v) is 18.8. The summed E-state index contributed by atoms with van der Waals surface area (Å²) < 4.78 is 32.9. The molecule has 0 spiro atoms. The van der Waals surface area contributed by atoms with Crippen LogP contribution in [0.4, 0.5) is 5.69 Å². The minimum atomic E-state index is -4.28. The lowest BCUT2D eigenvalue weighted by molar-refractivity contribution is -0.113. The number of carbonyl (C=O) groups excluding carboxylic acids is 1. The Labute approximate surface area is 188 Å². The van der Waals surface area contributed by atoms with E-state index >= 15 is 0 Å². The summed E-state index contributed by atoms with van der Waals surface area (Å²) in [5.41, 5.74) is 1.83. The van der Waals surface area contributed by atoms with Crippen LogP contribution in [0.15, 0.2) is 83.3 Å². The van der Waals surface area contributed by atoms with Crippen LogP contribution in [0.25, 0.3) is 6.08 Å². The maximum Gasteiger partial charge on any atom is 0.282 e. The maximum absolute atomic E-state index is 13.5. The molecule has 0 radical (unpaired) electrons.